The highest BCUT2D eigenvalue weighted by atomic mass is 35.5. The van der Waals surface area contributed by atoms with Crippen LogP contribution in [0, 0.1) is 0 Å². The molecule has 0 bridgehead atoms. The maximum Gasteiger partial charge on any atom is 0.254 e. The largest absolute Gasteiger partial charge is 0.497 e. The summed E-state index contributed by atoms with van der Waals surface area (Å²) in [5.41, 5.74) is 0.663. The van der Waals surface area contributed by atoms with Crippen LogP contribution in [0.15, 0.2) is 47.4 Å². The quantitative estimate of drug-likeness (QED) is 0.603. The van der Waals surface area contributed by atoms with E-state index in [1.165, 1.54) is 34.5 Å². The number of halogens is 1. The molecule has 1 saturated heterocycles. The van der Waals surface area contributed by atoms with Gasteiger partial charge in [-0.25, -0.2) is 8.42 Å². The van der Waals surface area contributed by atoms with Gasteiger partial charge in [0.15, 0.2) is 0 Å². The lowest BCUT2D eigenvalue weighted by atomic mass is 10.2. The van der Waals surface area contributed by atoms with Gasteiger partial charge in [-0.3, -0.25) is 9.59 Å². The monoisotopic (exact) mass is 495 g/mol. The molecule has 2 amide bonds. The molecule has 2 aromatic rings. The molecule has 9 nitrogen and oxygen atoms in total. The first-order valence-corrected chi connectivity index (χ1v) is 12.2. The highest BCUT2D eigenvalue weighted by Crippen LogP contribution is 2.27. The minimum atomic E-state index is -3.89. The average molecular weight is 496 g/mol. The number of amides is 2. The van der Waals surface area contributed by atoms with Crippen molar-refractivity contribution in [1.29, 1.82) is 0 Å². The summed E-state index contributed by atoms with van der Waals surface area (Å²) in [6.07, 6.45) is 0. The fourth-order valence-corrected chi connectivity index (χ4v) is 5.25. The maximum absolute atomic E-state index is 13.1. The molecule has 1 fully saturated rings. The summed E-state index contributed by atoms with van der Waals surface area (Å²) in [5.74, 6) is -0.284. The zero-order valence-corrected chi connectivity index (χ0v) is 20.0. The average Bonchev–Trinajstić information content (AvgIpc) is 2.83. The third-order valence-electron chi connectivity index (χ3n) is 5.12. The molecule has 0 radical (unpaired) electrons. The van der Waals surface area contributed by atoms with Gasteiger partial charge < -0.3 is 19.7 Å². The molecule has 0 saturated carbocycles. The maximum atomic E-state index is 13.1. The molecule has 0 aromatic heterocycles. The molecular formula is C22H26ClN3O6S. The highest BCUT2D eigenvalue weighted by molar-refractivity contribution is 7.89. The topological polar surface area (TPSA) is 105 Å². The summed E-state index contributed by atoms with van der Waals surface area (Å²) in [6, 6.07) is 11.0. The molecule has 1 aliphatic heterocycles. The third-order valence-corrected chi connectivity index (χ3v) is 7.50. The van der Waals surface area contributed by atoms with E-state index >= 15 is 0 Å². The van der Waals surface area contributed by atoms with Crippen LogP contribution < -0.4 is 10.1 Å². The van der Waals surface area contributed by atoms with Gasteiger partial charge in [0.1, 0.15) is 17.2 Å². The van der Waals surface area contributed by atoms with E-state index in [4.69, 9.17) is 21.1 Å². The predicted octanol–water partition coefficient (Wildman–Crippen LogP) is 2.47. The number of carbonyl (C=O) groups is 2. The molecule has 0 unspecified atom stereocenters. The van der Waals surface area contributed by atoms with Crippen molar-refractivity contribution in [3.8, 4) is 5.75 Å². The lowest BCUT2D eigenvalue weighted by Gasteiger charge is -2.27. The summed E-state index contributed by atoms with van der Waals surface area (Å²) < 4.78 is 37.7. The first kappa shape index (κ1) is 25.0. The van der Waals surface area contributed by atoms with Crippen LogP contribution in [-0.2, 0) is 19.6 Å². The van der Waals surface area contributed by atoms with Crippen LogP contribution in [-0.4, -0.2) is 75.9 Å². The van der Waals surface area contributed by atoms with Crippen LogP contribution in [0.3, 0.4) is 0 Å². The number of anilines is 1. The number of nitrogens with zero attached hydrogens (tertiary/aromatic N) is 2. The van der Waals surface area contributed by atoms with E-state index in [0.717, 1.165) is 0 Å². The molecule has 1 aliphatic rings. The van der Waals surface area contributed by atoms with Crippen molar-refractivity contribution in [2.75, 3.05) is 51.8 Å². The molecule has 0 aliphatic carbocycles. The molecule has 178 valence electrons. The van der Waals surface area contributed by atoms with Crippen LogP contribution in [0.2, 0.25) is 5.02 Å². The van der Waals surface area contributed by atoms with E-state index in [-0.39, 0.29) is 41.7 Å². The van der Waals surface area contributed by atoms with Gasteiger partial charge in [0.2, 0.25) is 15.9 Å². The minimum absolute atomic E-state index is 0.0249. The van der Waals surface area contributed by atoms with Gasteiger partial charge in [-0.1, -0.05) is 17.7 Å². The Bertz CT molecular complexity index is 1120. The number of rotatable bonds is 8. The molecule has 1 N–H and O–H groups in total. The second-order valence-electron chi connectivity index (χ2n) is 7.26. The second-order valence-corrected chi connectivity index (χ2v) is 9.57. The van der Waals surface area contributed by atoms with Crippen molar-refractivity contribution in [3.05, 3.63) is 53.1 Å². The van der Waals surface area contributed by atoms with E-state index in [9.17, 15) is 18.0 Å². The lowest BCUT2D eigenvalue weighted by Crippen LogP contribution is -2.41. The molecule has 0 atom stereocenters. The van der Waals surface area contributed by atoms with Gasteiger partial charge in [0.25, 0.3) is 5.91 Å². The zero-order chi connectivity index (χ0) is 24.0. The summed E-state index contributed by atoms with van der Waals surface area (Å²) >= 11 is 6.18. The van der Waals surface area contributed by atoms with Gasteiger partial charge in [-0.05, 0) is 37.3 Å². The van der Waals surface area contributed by atoms with E-state index in [1.807, 2.05) is 0 Å². The Morgan fingerprint density at radius 2 is 1.91 bits per heavy atom. The Hall–Kier alpha value is -2.66. The first-order valence-electron chi connectivity index (χ1n) is 10.4. The van der Waals surface area contributed by atoms with Gasteiger partial charge in [0.05, 0.1) is 25.3 Å². The SMILES string of the molecule is CCN(CC(=O)Nc1cccc(OC)c1)C(=O)c1ccc(Cl)c(S(=O)(=O)N2CCOCC2)c1. The van der Waals surface area contributed by atoms with E-state index in [2.05, 4.69) is 5.32 Å². The van der Waals surface area contributed by atoms with Crippen LogP contribution in [0.1, 0.15) is 17.3 Å². The Labute approximate surface area is 198 Å². The molecule has 2 aromatic carbocycles. The molecule has 0 spiro atoms. The summed E-state index contributed by atoms with van der Waals surface area (Å²) in [4.78, 5) is 26.8. The number of carbonyl (C=O) groups excluding carboxylic acids is 2. The van der Waals surface area contributed by atoms with Crippen LogP contribution in [0.4, 0.5) is 5.69 Å². The summed E-state index contributed by atoms with van der Waals surface area (Å²) in [6.45, 7) is 2.78. The number of methoxy groups -OCH3 is 1. The van der Waals surface area contributed by atoms with Crippen molar-refractivity contribution in [1.82, 2.24) is 9.21 Å². The Morgan fingerprint density at radius 3 is 2.58 bits per heavy atom. The molecule has 11 heteroatoms. The van der Waals surface area contributed by atoms with Crippen molar-refractivity contribution in [2.24, 2.45) is 0 Å². The van der Waals surface area contributed by atoms with Crippen molar-refractivity contribution in [3.63, 3.8) is 0 Å². The number of benzene rings is 2. The normalized spacial score (nSPS) is 14.5. The van der Waals surface area contributed by atoms with Crippen molar-refractivity contribution in [2.45, 2.75) is 11.8 Å². The first-order chi connectivity index (χ1) is 15.8. The van der Waals surface area contributed by atoms with E-state index in [0.29, 0.717) is 24.7 Å². The fraction of sp³-hybridized carbons (Fsp3) is 0.364. The number of sulfonamides is 1. The third kappa shape index (κ3) is 6.02. The van der Waals surface area contributed by atoms with Gasteiger partial charge in [-0.15, -0.1) is 0 Å². The van der Waals surface area contributed by atoms with Crippen LogP contribution in [0.25, 0.3) is 0 Å². The van der Waals surface area contributed by atoms with Gasteiger partial charge in [0, 0.05) is 37.0 Å². The number of ether oxygens (including phenoxy) is 2. The number of nitrogens with one attached hydrogen (secondary N) is 1. The molecule has 1 heterocycles. The predicted molar refractivity (Wildman–Crippen MR) is 124 cm³/mol. The second kappa shape index (κ2) is 11.0. The Kier molecular flexibility index (Phi) is 8.30. The van der Waals surface area contributed by atoms with Crippen LogP contribution in [0.5, 0.6) is 5.75 Å². The Balaban J connectivity index is 1.76. The van der Waals surface area contributed by atoms with Crippen molar-refractivity contribution >= 4 is 39.1 Å². The standard InChI is InChI=1S/C22H26ClN3O6S/c1-3-25(15-21(27)24-17-5-4-6-18(14-17)31-2)22(28)16-7-8-19(23)20(13-16)33(29,30)26-9-11-32-12-10-26/h4-8,13-14H,3,9-12,15H2,1-2H3,(H,24,27). The number of likely N-dealkylation sites (N-methyl/N-ethyl adjacent to an activating group) is 1. The Morgan fingerprint density at radius 1 is 1.18 bits per heavy atom. The van der Waals surface area contributed by atoms with Gasteiger partial charge >= 0.3 is 0 Å². The minimum Gasteiger partial charge on any atom is -0.497 e. The van der Waals surface area contributed by atoms with Crippen LogP contribution >= 0.6 is 11.6 Å². The van der Waals surface area contributed by atoms with Gasteiger partial charge in [-0.2, -0.15) is 4.31 Å². The van der Waals surface area contributed by atoms with E-state index < -0.39 is 21.8 Å². The highest BCUT2D eigenvalue weighted by Gasteiger charge is 2.29. The molecular weight excluding hydrogens is 470 g/mol. The smallest absolute Gasteiger partial charge is 0.254 e. The lowest BCUT2D eigenvalue weighted by molar-refractivity contribution is -0.116. The fourth-order valence-electron chi connectivity index (χ4n) is 3.34. The van der Waals surface area contributed by atoms with E-state index in [1.54, 1.807) is 31.2 Å². The van der Waals surface area contributed by atoms with Crippen molar-refractivity contribution < 1.29 is 27.5 Å². The summed E-state index contributed by atoms with van der Waals surface area (Å²) in [5, 5.41) is 2.75. The summed E-state index contributed by atoms with van der Waals surface area (Å²) in [7, 11) is -2.37. The molecule has 3 rings (SSSR count). The number of hydrogen-bond donors (Lipinski definition) is 1. The zero-order valence-electron chi connectivity index (χ0n) is 18.4. The molecule has 33 heavy (non-hydrogen) atoms. The number of morpholine rings is 1. The number of hydrogen-bond acceptors (Lipinski definition) is 6.